The predicted octanol–water partition coefficient (Wildman–Crippen LogP) is 6.45. The van der Waals surface area contributed by atoms with E-state index in [-0.39, 0.29) is 16.3 Å². The van der Waals surface area contributed by atoms with Gasteiger partial charge in [0.15, 0.2) is 0 Å². The molecule has 5 N–H and O–H groups in total. The Bertz CT molecular complexity index is 1430. The molecule has 0 spiro atoms. The van der Waals surface area contributed by atoms with Crippen molar-refractivity contribution in [3.8, 4) is 5.75 Å². The van der Waals surface area contributed by atoms with E-state index >= 15 is 0 Å². The first-order chi connectivity index (χ1) is 14.3. The maximum atomic E-state index is 10.4. The average Bonchev–Trinajstić information content (AvgIpc) is 3.08. The van der Waals surface area contributed by atoms with Gasteiger partial charge in [0.25, 0.3) is 0 Å². The molecule has 150 valence electrons. The monoisotopic (exact) mass is 438 g/mol. The van der Waals surface area contributed by atoms with Crippen LogP contribution in [0.4, 0.5) is 5.69 Å². The molecule has 5 aromatic rings. The number of fused-ring (bicyclic) bond motifs is 5. The molecule has 0 fully saturated rings. The molecule has 30 heavy (non-hydrogen) atoms. The Balaban J connectivity index is 0.000000170. The first-order valence-electron chi connectivity index (χ1n) is 8.94. The lowest BCUT2D eigenvalue weighted by Gasteiger charge is -2.00. The smallest absolute Gasteiger partial charge is 0.337 e. The van der Waals surface area contributed by atoms with Gasteiger partial charge in [-0.25, -0.2) is 4.79 Å². The largest absolute Gasteiger partial charge is 0.508 e. The van der Waals surface area contributed by atoms with Crippen LogP contribution in [0.25, 0.3) is 32.6 Å². The van der Waals surface area contributed by atoms with Gasteiger partial charge in [-0.3, -0.25) is 0 Å². The number of H-pyrrole nitrogens is 1. The molecular formula is C23H16Cl2N2O3. The second-order valence-corrected chi connectivity index (χ2v) is 7.60. The molecule has 0 bridgehead atoms. The van der Waals surface area contributed by atoms with Crippen LogP contribution in [0.1, 0.15) is 10.4 Å². The number of halogens is 2. The van der Waals surface area contributed by atoms with Gasteiger partial charge in [0, 0.05) is 32.4 Å². The Morgan fingerprint density at radius 1 is 0.867 bits per heavy atom. The number of aromatic carboxylic acids is 1. The Kier molecular flexibility index (Phi) is 5.16. The number of rotatable bonds is 1. The van der Waals surface area contributed by atoms with Crippen molar-refractivity contribution >= 4 is 67.4 Å². The number of aromatic amines is 1. The number of carboxylic acid groups (broad SMARTS) is 1. The maximum absolute atomic E-state index is 10.4. The standard InChI is InChI=1S/C16H10ClNO.C7H6ClNO2/c17-10-3-6-15-14(7-10)12-5-2-9-1-4-11(19)8-13(9)16(12)18-15;8-6-2-1-4(9)3-5(6)7(10)11/h1-8,18-19H;1-3H,9H2,(H,10,11). The highest BCUT2D eigenvalue weighted by Gasteiger charge is 2.09. The minimum atomic E-state index is -1.07. The van der Waals surface area contributed by atoms with Crippen LogP contribution in [0, 0.1) is 0 Å². The van der Waals surface area contributed by atoms with Crippen LogP contribution in [-0.4, -0.2) is 21.2 Å². The number of carboxylic acids is 1. The summed E-state index contributed by atoms with van der Waals surface area (Å²) in [4.78, 5) is 13.8. The Labute approximate surface area is 181 Å². The van der Waals surface area contributed by atoms with Crippen molar-refractivity contribution in [2.75, 3.05) is 5.73 Å². The molecule has 0 radical (unpaired) electrons. The fourth-order valence-electron chi connectivity index (χ4n) is 3.36. The van der Waals surface area contributed by atoms with Gasteiger partial charge >= 0.3 is 5.97 Å². The van der Waals surface area contributed by atoms with Crippen molar-refractivity contribution in [1.82, 2.24) is 4.98 Å². The van der Waals surface area contributed by atoms with Crippen LogP contribution < -0.4 is 5.73 Å². The van der Waals surface area contributed by atoms with Crippen molar-refractivity contribution < 1.29 is 15.0 Å². The number of anilines is 1. The second kappa shape index (κ2) is 7.78. The number of carbonyl (C=O) groups is 1. The molecule has 4 aromatic carbocycles. The second-order valence-electron chi connectivity index (χ2n) is 6.75. The Hall–Kier alpha value is -3.41. The molecule has 0 atom stereocenters. The summed E-state index contributed by atoms with van der Waals surface area (Å²) in [5.74, 6) is -0.793. The lowest BCUT2D eigenvalue weighted by atomic mass is 10.1. The van der Waals surface area contributed by atoms with Crippen LogP contribution in [0.15, 0.2) is 66.7 Å². The summed E-state index contributed by atoms with van der Waals surface area (Å²) in [6.07, 6.45) is 0. The van der Waals surface area contributed by atoms with Gasteiger partial charge in [-0.1, -0.05) is 41.4 Å². The van der Waals surface area contributed by atoms with Crippen LogP contribution >= 0.6 is 23.2 Å². The maximum Gasteiger partial charge on any atom is 0.337 e. The third-order valence-electron chi connectivity index (χ3n) is 4.76. The number of phenolic OH excluding ortho intramolecular Hbond substituents is 1. The zero-order valence-corrected chi connectivity index (χ0v) is 17.0. The van der Waals surface area contributed by atoms with Gasteiger partial charge in [-0.15, -0.1) is 0 Å². The van der Waals surface area contributed by atoms with Gasteiger partial charge < -0.3 is 20.9 Å². The van der Waals surface area contributed by atoms with Crippen molar-refractivity contribution in [1.29, 1.82) is 0 Å². The van der Waals surface area contributed by atoms with Crippen molar-refractivity contribution in [3.63, 3.8) is 0 Å². The predicted molar refractivity (Wildman–Crippen MR) is 123 cm³/mol. The average molecular weight is 439 g/mol. The molecule has 7 heteroatoms. The van der Waals surface area contributed by atoms with Crippen LogP contribution in [0.5, 0.6) is 5.75 Å². The number of nitrogen functional groups attached to an aromatic ring is 1. The number of phenols is 1. The quantitative estimate of drug-likeness (QED) is 0.226. The molecule has 0 aliphatic rings. The van der Waals surface area contributed by atoms with E-state index in [2.05, 4.69) is 17.1 Å². The fourth-order valence-corrected chi connectivity index (χ4v) is 3.73. The molecule has 0 unspecified atom stereocenters. The molecule has 0 aliphatic carbocycles. The van der Waals surface area contributed by atoms with Crippen LogP contribution in [-0.2, 0) is 0 Å². The summed E-state index contributed by atoms with van der Waals surface area (Å²) in [6.45, 7) is 0. The van der Waals surface area contributed by atoms with Crippen molar-refractivity contribution in [2.24, 2.45) is 0 Å². The van der Waals surface area contributed by atoms with E-state index in [9.17, 15) is 9.90 Å². The lowest BCUT2D eigenvalue weighted by molar-refractivity contribution is 0.0697. The molecule has 1 heterocycles. The zero-order chi connectivity index (χ0) is 21.4. The van der Waals surface area contributed by atoms with E-state index < -0.39 is 5.97 Å². The lowest BCUT2D eigenvalue weighted by Crippen LogP contribution is -1.98. The highest BCUT2D eigenvalue weighted by atomic mass is 35.5. The van der Waals surface area contributed by atoms with E-state index in [4.69, 9.17) is 34.0 Å². The van der Waals surface area contributed by atoms with E-state index in [1.54, 1.807) is 18.2 Å². The summed E-state index contributed by atoms with van der Waals surface area (Å²) in [7, 11) is 0. The third kappa shape index (κ3) is 3.73. The number of hydrogen-bond donors (Lipinski definition) is 4. The minimum Gasteiger partial charge on any atom is -0.508 e. The van der Waals surface area contributed by atoms with Crippen molar-refractivity contribution in [2.45, 2.75) is 0 Å². The first kappa shape index (κ1) is 19.9. The molecule has 1 aromatic heterocycles. The molecular weight excluding hydrogens is 423 g/mol. The first-order valence-corrected chi connectivity index (χ1v) is 9.70. The molecule has 5 nitrogen and oxygen atoms in total. The summed E-state index contributed by atoms with van der Waals surface area (Å²) >= 11 is 11.6. The molecule has 0 amide bonds. The number of nitrogens with two attached hydrogens (primary N) is 1. The summed E-state index contributed by atoms with van der Waals surface area (Å²) in [5.41, 5.74) is 7.86. The fraction of sp³-hybridized carbons (Fsp3) is 0. The number of benzene rings is 4. The molecule has 0 saturated heterocycles. The molecule has 5 rings (SSSR count). The molecule has 0 saturated carbocycles. The van der Waals surface area contributed by atoms with Crippen LogP contribution in [0.3, 0.4) is 0 Å². The van der Waals surface area contributed by atoms with Gasteiger partial charge in [0.05, 0.1) is 16.1 Å². The van der Waals surface area contributed by atoms with Crippen molar-refractivity contribution in [3.05, 3.63) is 82.3 Å². The number of hydrogen-bond acceptors (Lipinski definition) is 3. The zero-order valence-electron chi connectivity index (χ0n) is 15.5. The SMILES string of the molecule is Nc1ccc(Cl)c(C(=O)O)c1.Oc1ccc2ccc3c4cc(Cl)ccc4[nH]c3c2c1. The number of aromatic hydroxyl groups is 1. The van der Waals surface area contributed by atoms with Gasteiger partial charge in [-0.05, 0) is 53.9 Å². The number of nitrogens with one attached hydrogen (secondary N) is 1. The van der Waals surface area contributed by atoms with E-state index in [1.807, 2.05) is 24.3 Å². The highest BCUT2D eigenvalue weighted by molar-refractivity contribution is 6.33. The Morgan fingerprint density at radius 2 is 1.63 bits per heavy atom. The summed E-state index contributed by atoms with van der Waals surface area (Å²) in [6, 6.07) is 19.7. The molecule has 0 aliphatic heterocycles. The topological polar surface area (TPSA) is 99.3 Å². The van der Waals surface area contributed by atoms with E-state index in [1.165, 1.54) is 12.1 Å². The van der Waals surface area contributed by atoms with E-state index in [0.717, 1.165) is 37.6 Å². The third-order valence-corrected chi connectivity index (χ3v) is 5.32. The van der Waals surface area contributed by atoms with Crippen LogP contribution in [0.2, 0.25) is 10.0 Å². The van der Waals surface area contributed by atoms with Gasteiger partial charge in [-0.2, -0.15) is 0 Å². The normalized spacial score (nSPS) is 10.9. The van der Waals surface area contributed by atoms with Gasteiger partial charge in [0.2, 0.25) is 0 Å². The highest BCUT2D eigenvalue weighted by Crippen LogP contribution is 2.33. The summed E-state index contributed by atoms with van der Waals surface area (Å²) < 4.78 is 0. The number of aromatic nitrogens is 1. The Morgan fingerprint density at radius 3 is 2.37 bits per heavy atom. The van der Waals surface area contributed by atoms with E-state index in [0.29, 0.717) is 5.69 Å². The summed E-state index contributed by atoms with van der Waals surface area (Å²) in [5, 5.41) is 23.5. The van der Waals surface area contributed by atoms with Gasteiger partial charge in [0.1, 0.15) is 5.75 Å². The minimum absolute atomic E-state index is 0.0340.